The number of carbonyl (C=O) groups excluding carboxylic acids is 1. The SMILES string of the molecule is C/C=C(\C=O)C1CCCCC1. The van der Waals surface area contributed by atoms with Crippen molar-refractivity contribution < 1.29 is 4.79 Å². The molecule has 62 valence electrons. The fraction of sp³-hybridized carbons (Fsp3) is 0.700. The Bertz CT molecular complexity index is 152. The van der Waals surface area contributed by atoms with Gasteiger partial charge in [-0.05, 0) is 31.3 Å². The first-order valence-corrected chi connectivity index (χ1v) is 4.50. The molecule has 0 aliphatic heterocycles. The standard InChI is InChI=1S/C10H16O/c1-2-9(8-11)10-6-4-3-5-7-10/h2,8,10H,3-7H2,1H3/b9-2+. The molecule has 0 unspecified atom stereocenters. The van der Waals surface area contributed by atoms with E-state index in [-0.39, 0.29) is 0 Å². The van der Waals surface area contributed by atoms with Gasteiger partial charge in [-0.15, -0.1) is 0 Å². The van der Waals surface area contributed by atoms with Crippen LogP contribution in [0.4, 0.5) is 0 Å². The van der Waals surface area contributed by atoms with Crippen LogP contribution in [0.3, 0.4) is 0 Å². The average Bonchev–Trinajstić information content (AvgIpc) is 2.09. The molecule has 0 spiro atoms. The number of allylic oxidation sites excluding steroid dienone is 2. The third-order valence-corrected chi connectivity index (χ3v) is 2.55. The molecule has 0 aromatic rings. The van der Waals surface area contributed by atoms with Gasteiger partial charge in [-0.3, -0.25) is 4.79 Å². The van der Waals surface area contributed by atoms with E-state index >= 15 is 0 Å². The van der Waals surface area contributed by atoms with E-state index in [9.17, 15) is 4.79 Å². The fourth-order valence-corrected chi connectivity index (χ4v) is 1.84. The minimum Gasteiger partial charge on any atom is -0.298 e. The molecule has 0 heterocycles. The molecule has 0 radical (unpaired) electrons. The first-order chi connectivity index (χ1) is 5.38. The second kappa shape index (κ2) is 4.32. The van der Waals surface area contributed by atoms with Gasteiger partial charge in [0.25, 0.3) is 0 Å². The Morgan fingerprint density at radius 3 is 2.36 bits per heavy atom. The van der Waals surface area contributed by atoms with Gasteiger partial charge in [0.2, 0.25) is 0 Å². The van der Waals surface area contributed by atoms with Crippen molar-refractivity contribution in [3.05, 3.63) is 11.6 Å². The summed E-state index contributed by atoms with van der Waals surface area (Å²) in [6.07, 6.45) is 9.38. The quantitative estimate of drug-likeness (QED) is 0.439. The van der Waals surface area contributed by atoms with Crippen LogP contribution in [-0.4, -0.2) is 6.29 Å². The van der Waals surface area contributed by atoms with Crippen LogP contribution in [0.25, 0.3) is 0 Å². The van der Waals surface area contributed by atoms with Gasteiger partial charge in [-0.2, -0.15) is 0 Å². The molecule has 0 amide bonds. The molecule has 0 aromatic heterocycles. The van der Waals surface area contributed by atoms with E-state index in [2.05, 4.69) is 0 Å². The predicted molar refractivity (Wildman–Crippen MR) is 46.4 cm³/mol. The van der Waals surface area contributed by atoms with Gasteiger partial charge in [0.05, 0.1) is 0 Å². The Hall–Kier alpha value is -0.590. The maximum absolute atomic E-state index is 10.6. The molecule has 0 saturated heterocycles. The van der Waals surface area contributed by atoms with Crippen LogP contribution < -0.4 is 0 Å². The molecule has 0 atom stereocenters. The van der Waals surface area contributed by atoms with Crippen molar-refractivity contribution >= 4 is 6.29 Å². The van der Waals surface area contributed by atoms with Crippen molar-refractivity contribution in [1.29, 1.82) is 0 Å². The summed E-state index contributed by atoms with van der Waals surface area (Å²) in [5, 5.41) is 0. The van der Waals surface area contributed by atoms with E-state index in [1.54, 1.807) is 0 Å². The number of aldehydes is 1. The van der Waals surface area contributed by atoms with Crippen LogP contribution in [0.5, 0.6) is 0 Å². The highest BCUT2D eigenvalue weighted by atomic mass is 16.1. The van der Waals surface area contributed by atoms with Crippen molar-refractivity contribution in [1.82, 2.24) is 0 Å². The van der Waals surface area contributed by atoms with Crippen LogP contribution in [0.15, 0.2) is 11.6 Å². The Labute approximate surface area is 68.5 Å². The number of hydrogen-bond donors (Lipinski definition) is 0. The molecule has 11 heavy (non-hydrogen) atoms. The van der Waals surface area contributed by atoms with Crippen molar-refractivity contribution in [3.63, 3.8) is 0 Å². The summed E-state index contributed by atoms with van der Waals surface area (Å²) in [6, 6.07) is 0. The van der Waals surface area contributed by atoms with Crippen molar-refractivity contribution in [2.75, 3.05) is 0 Å². The number of carbonyl (C=O) groups is 1. The van der Waals surface area contributed by atoms with Crippen molar-refractivity contribution in [2.45, 2.75) is 39.0 Å². The lowest BCUT2D eigenvalue weighted by atomic mass is 9.84. The highest BCUT2D eigenvalue weighted by Crippen LogP contribution is 2.28. The van der Waals surface area contributed by atoms with Crippen LogP contribution in [0.2, 0.25) is 0 Å². The largest absolute Gasteiger partial charge is 0.298 e. The van der Waals surface area contributed by atoms with Crippen molar-refractivity contribution in [3.8, 4) is 0 Å². The third kappa shape index (κ3) is 2.18. The van der Waals surface area contributed by atoms with Crippen molar-refractivity contribution in [2.24, 2.45) is 5.92 Å². The normalized spacial score (nSPS) is 21.7. The molecule has 1 aliphatic rings. The lowest BCUT2D eigenvalue weighted by Gasteiger charge is -2.21. The summed E-state index contributed by atoms with van der Waals surface area (Å²) in [6.45, 7) is 1.96. The second-order valence-electron chi connectivity index (χ2n) is 3.24. The van der Waals surface area contributed by atoms with Gasteiger partial charge in [-0.25, -0.2) is 0 Å². The number of hydrogen-bond acceptors (Lipinski definition) is 1. The van der Waals surface area contributed by atoms with Crippen LogP contribution in [-0.2, 0) is 4.79 Å². The van der Waals surface area contributed by atoms with Gasteiger partial charge >= 0.3 is 0 Å². The lowest BCUT2D eigenvalue weighted by Crippen LogP contribution is -2.09. The van der Waals surface area contributed by atoms with Gasteiger partial charge in [0.15, 0.2) is 0 Å². The predicted octanol–water partition coefficient (Wildman–Crippen LogP) is 2.71. The second-order valence-corrected chi connectivity index (χ2v) is 3.24. The van der Waals surface area contributed by atoms with E-state index in [0.717, 1.165) is 11.9 Å². The van der Waals surface area contributed by atoms with Crippen LogP contribution in [0, 0.1) is 5.92 Å². The number of rotatable bonds is 2. The topological polar surface area (TPSA) is 17.1 Å². The third-order valence-electron chi connectivity index (χ3n) is 2.55. The maximum atomic E-state index is 10.6. The first-order valence-electron chi connectivity index (χ1n) is 4.50. The monoisotopic (exact) mass is 152 g/mol. The van der Waals surface area contributed by atoms with Crippen LogP contribution >= 0.6 is 0 Å². The smallest absolute Gasteiger partial charge is 0.145 e. The fourth-order valence-electron chi connectivity index (χ4n) is 1.84. The molecule has 0 aromatic carbocycles. The van der Waals surface area contributed by atoms with Gasteiger partial charge in [-0.1, -0.05) is 25.3 Å². The Morgan fingerprint density at radius 1 is 1.27 bits per heavy atom. The summed E-state index contributed by atoms with van der Waals surface area (Å²) in [5.41, 5.74) is 1.02. The molecular weight excluding hydrogens is 136 g/mol. The van der Waals surface area contributed by atoms with Gasteiger partial charge in [0, 0.05) is 0 Å². The summed E-state index contributed by atoms with van der Waals surface area (Å²) >= 11 is 0. The first kappa shape index (κ1) is 8.51. The van der Waals surface area contributed by atoms with E-state index in [4.69, 9.17) is 0 Å². The molecule has 1 rings (SSSR count). The summed E-state index contributed by atoms with van der Waals surface area (Å²) in [4.78, 5) is 10.6. The summed E-state index contributed by atoms with van der Waals surface area (Å²) in [7, 11) is 0. The van der Waals surface area contributed by atoms with Gasteiger partial charge in [0.1, 0.15) is 6.29 Å². The minimum absolute atomic E-state index is 0.575. The average molecular weight is 152 g/mol. The van der Waals surface area contributed by atoms with Gasteiger partial charge < -0.3 is 0 Å². The van der Waals surface area contributed by atoms with E-state index in [0.29, 0.717) is 5.92 Å². The zero-order valence-corrected chi connectivity index (χ0v) is 7.18. The molecule has 1 heteroatoms. The minimum atomic E-state index is 0.575. The Balaban J connectivity index is 2.49. The van der Waals surface area contributed by atoms with E-state index < -0.39 is 0 Å². The lowest BCUT2D eigenvalue weighted by molar-refractivity contribution is -0.105. The highest BCUT2D eigenvalue weighted by molar-refractivity contribution is 5.73. The molecule has 0 N–H and O–H groups in total. The molecule has 1 nitrogen and oxygen atoms in total. The Kier molecular flexibility index (Phi) is 3.34. The van der Waals surface area contributed by atoms with Crippen LogP contribution in [0.1, 0.15) is 39.0 Å². The molecule has 1 aliphatic carbocycles. The molecular formula is C10H16O. The molecule has 1 fully saturated rings. The van der Waals surface area contributed by atoms with E-state index in [1.807, 2.05) is 13.0 Å². The summed E-state index contributed by atoms with van der Waals surface area (Å²) in [5.74, 6) is 0.575. The maximum Gasteiger partial charge on any atom is 0.145 e. The zero-order valence-electron chi connectivity index (χ0n) is 7.18. The molecule has 0 bridgehead atoms. The molecule has 1 saturated carbocycles. The van der Waals surface area contributed by atoms with E-state index in [1.165, 1.54) is 32.1 Å². The Morgan fingerprint density at radius 2 is 1.91 bits per heavy atom. The zero-order chi connectivity index (χ0) is 8.10. The highest BCUT2D eigenvalue weighted by Gasteiger charge is 2.15. The summed E-state index contributed by atoms with van der Waals surface area (Å²) < 4.78 is 0.